The van der Waals surface area contributed by atoms with Crippen LogP contribution >= 0.6 is 34.7 Å². The van der Waals surface area contributed by atoms with Crippen molar-refractivity contribution in [2.75, 3.05) is 24.9 Å². The first kappa shape index (κ1) is 24.0. The molecule has 0 saturated carbocycles. The molecule has 1 unspecified atom stereocenters. The maximum atomic E-state index is 13.0. The maximum absolute atomic E-state index is 13.0. The predicted molar refractivity (Wildman–Crippen MR) is 132 cm³/mol. The van der Waals surface area contributed by atoms with E-state index in [4.69, 9.17) is 21.1 Å². The van der Waals surface area contributed by atoms with Crippen molar-refractivity contribution in [2.45, 2.75) is 23.5 Å². The molecule has 2 aromatic carbocycles. The number of rotatable bonds is 9. The minimum Gasteiger partial charge on any atom is -0.495 e. The van der Waals surface area contributed by atoms with Gasteiger partial charge in [0.05, 0.1) is 35.1 Å². The molecule has 2 amide bonds. The van der Waals surface area contributed by atoms with Crippen molar-refractivity contribution >= 4 is 57.9 Å². The van der Waals surface area contributed by atoms with Crippen LogP contribution < -0.4 is 20.1 Å². The summed E-state index contributed by atoms with van der Waals surface area (Å²) in [6, 6.07) is 14.3. The highest BCUT2D eigenvalue weighted by Gasteiger charge is 2.21. The molecule has 168 valence electrons. The third-order valence-electron chi connectivity index (χ3n) is 4.51. The van der Waals surface area contributed by atoms with Gasteiger partial charge in [0.1, 0.15) is 11.5 Å². The molecule has 0 aliphatic heterocycles. The number of anilines is 2. The number of hydrogen-bond acceptors (Lipinski definition) is 6. The minimum atomic E-state index is -0.358. The summed E-state index contributed by atoms with van der Waals surface area (Å²) in [5.74, 6) is 0.586. The molecule has 0 aliphatic rings. The summed E-state index contributed by atoms with van der Waals surface area (Å²) in [6.45, 7) is 1.94. The van der Waals surface area contributed by atoms with Gasteiger partial charge < -0.3 is 20.1 Å². The summed E-state index contributed by atoms with van der Waals surface area (Å²) >= 11 is 9.01. The van der Waals surface area contributed by atoms with Gasteiger partial charge in [0.25, 0.3) is 5.91 Å². The fourth-order valence-corrected chi connectivity index (χ4v) is 4.78. The maximum Gasteiger partial charge on any atom is 0.265 e. The van der Waals surface area contributed by atoms with E-state index < -0.39 is 0 Å². The van der Waals surface area contributed by atoms with E-state index >= 15 is 0 Å². The zero-order valence-electron chi connectivity index (χ0n) is 17.8. The molecule has 0 radical (unpaired) electrons. The number of amides is 2. The summed E-state index contributed by atoms with van der Waals surface area (Å²) in [7, 11) is 3.03. The molecule has 1 heterocycles. The average molecular weight is 491 g/mol. The number of thioether (sulfide) groups is 1. The van der Waals surface area contributed by atoms with Crippen LogP contribution in [0.4, 0.5) is 11.4 Å². The van der Waals surface area contributed by atoms with E-state index in [0.717, 1.165) is 4.90 Å². The number of carbonyl (C=O) groups is 2. The fourth-order valence-electron chi connectivity index (χ4n) is 2.91. The van der Waals surface area contributed by atoms with Crippen molar-refractivity contribution in [3.8, 4) is 11.5 Å². The van der Waals surface area contributed by atoms with Gasteiger partial charge in [-0.2, -0.15) is 0 Å². The highest BCUT2D eigenvalue weighted by molar-refractivity contribution is 8.00. The number of hydrogen-bond donors (Lipinski definition) is 2. The average Bonchev–Trinajstić information content (AvgIpc) is 3.33. The Kier molecular flexibility index (Phi) is 8.44. The Hall–Kier alpha value is -2.68. The van der Waals surface area contributed by atoms with Gasteiger partial charge in [-0.05, 0) is 42.1 Å². The second kappa shape index (κ2) is 11.3. The highest BCUT2D eigenvalue weighted by Crippen LogP contribution is 2.37. The molecule has 3 rings (SSSR count). The van der Waals surface area contributed by atoms with Gasteiger partial charge in [-0.3, -0.25) is 9.59 Å². The predicted octanol–water partition coefficient (Wildman–Crippen LogP) is 6.18. The van der Waals surface area contributed by atoms with Crippen LogP contribution in [0.5, 0.6) is 11.5 Å². The lowest BCUT2D eigenvalue weighted by Gasteiger charge is -2.18. The normalized spacial score (nSPS) is 11.5. The van der Waals surface area contributed by atoms with Crippen LogP contribution in [0.15, 0.2) is 58.8 Å². The molecule has 0 aliphatic carbocycles. The van der Waals surface area contributed by atoms with E-state index in [-0.39, 0.29) is 17.1 Å². The van der Waals surface area contributed by atoms with Gasteiger partial charge in [0, 0.05) is 16.6 Å². The van der Waals surface area contributed by atoms with Gasteiger partial charge >= 0.3 is 0 Å². The van der Waals surface area contributed by atoms with Crippen LogP contribution in [0.25, 0.3) is 0 Å². The Morgan fingerprint density at radius 1 is 1.06 bits per heavy atom. The second-order valence-electron chi connectivity index (χ2n) is 6.65. The quantitative estimate of drug-likeness (QED) is 0.350. The molecule has 32 heavy (non-hydrogen) atoms. The molecule has 9 heteroatoms. The van der Waals surface area contributed by atoms with Gasteiger partial charge in [-0.25, -0.2) is 0 Å². The standard InChI is InChI=1S/C23H23ClN2O4S2/c1-4-20(22(27)26-17-12-16(24)18(29-2)13-19(17)30-3)32-15-8-5-7-14(11-15)25-23(28)21-9-6-10-31-21/h5-13,20H,4H2,1-3H3,(H,25,28)(H,26,27). The van der Waals surface area contributed by atoms with Crippen molar-refractivity contribution in [1.29, 1.82) is 0 Å². The molecular formula is C23H23ClN2O4S2. The van der Waals surface area contributed by atoms with Crippen molar-refractivity contribution in [3.63, 3.8) is 0 Å². The monoisotopic (exact) mass is 490 g/mol. The Morgan fingerprint density at radius 3 is 2.50 bits per heavy atom. The number of methoxy groups -OCH3 is 2. The molecule has 2 N–H and O–H groups in total. The smallest absolute Gasteiger partial charge is 0.265 e. The lowest BCUT2D eigenvalue weighted by Crippen LogP contribution is -2.24. The number of nitrogens with one attached hydrogen (secondary N) is 2. The topological polar surface area (TPSA) is 76.7 Å². The number of thiophene rings is 1. The summed E-state index contributed by atoms with van der Waals surface area (Å²) in [5, 5.41) is 7.66. The molecule has 6 nitrogen and oxygen atoms in total. The van der Waals surface area contributed by atoms with Crippen LogP contribution in [0.1, 0.15) is 23.0 Å². The zero-order valence-corrected chi connectivity index (χ0v) is 20.2. The first-order valence-corrected chi connectivity index (χ1v) is 11.9. The van der Waals surface area contributed by atoms with Crippen LogP contribution in [-0.2, 0) is 4.79 Å². The fraction of sp³-hybridized carbons (Fsp3) is 0.217. The van der Waals surface area contributed by atoms with E-state index in [1.807, 2.05) is 42.6 Å². The van der Waals surface area contributed by atoms with Crippen LogP contribution in [0, 0.1) is 0 Å². The minimum absolute atomic E-state index is 0.157. The largest absolute Gasteiger partial charge is 0.495 e. The molecule has 0 bridgehead atoms. The number of ether oxygens (including phenoxy) is 2. The van der Waals surface area contributed by atoms with Crippen molar-refractivity contribution in [3.05, 3.63) is 63.8 Å². The van der Waals surface area contributed by atoms with Crippen molar-refractivity contribution < 1.29 is 19.1 Å². The second-order valence-corrected chi connectivity index (χ2v) is 9.28. The van der Waals surface area contributed by atoms with Crippen molar-refractivity contribution in [2.24, 2.45) is 0 Å². The third-order valence-corrected chi connectivity index (χ3v) is 7.03. The first-order chi connectivity index (χ1) is 15.4. The van der Waals surface area contributed by atoms with E-state index in [9.17, 15) is 9.59 Å². The molecule has 0 spiro atoms. The number of halogens is 1. The lowest BCUT2D eigenvalue weighted by molar-refractivity contribution is -0.115. The summed E-state index contributed by atoms with van der Waals surface area (Å²) in [4.78, 5) is 26.8. The van der Waals surface area contributed by atoms with Gasteiger partial charge in [-0.15, -0.1) is 23.1 Å². The number of carbonyl (C=O) groups excluding carboxylic acids is 2. The first-order valence-electron chi connectivity index (χ1n) is 9.79. The van der Waals surface area contributed by atoms with E-state index in [1.165, 1.54) is 37.3 Å². The zero-order chi connectivity index (χ0) is 23.1. The molecule has 1 aromatic heterocycles. The Bertz CT molecular complexity index is 1090. The molecule has 3 aromatic rings. The Morgan fingerprint density at radius 2 is 1.84 bits per heavy atom. The van der Waals surface area contributed by atoms with Crippen LogP contribution in [-0.4, -0.2) is 31.3 Å². The van der Waals surface area contributed by atoms with Crippen LogP contribution in [0.2, 0.25) is 5.02 Å². The van der Waals surface area contributed by atoms with Gasteiger partial charge in [0.15, 0.2) is 0 Å². The van der Waals surface area contributed by atoms with Crippen molar-refractivity contribution in [1.82, 2.24) is 0 Å². The van der Waals surface area contributed by atoms with E-state index in [0.29, 0.717) is 39.2 Å². The summed E-state index contributed by atoms with van der Waals surface area (Å²) in [6.07, 6.45) is 0.606. The molecule has 0 fully saturated rings. The van der Waals surface area contributed by atoms with Crippen LogP contribution in [0.3, 0.4) is 0 Å². The molecule has 1 atom stereocenters. The van der Waals surface area contributed by atoms with Gasteiger partial charge in [0.2, 0.25) is 5.91 Å². The summed E-state index contributed by atoms with van der Waals surface area (Å²) in [5.41, 5.74) is 1.14. The third kappa shape index (κ3) is 5.97. The van der Waals surface area contributed by atoms with E-state index in [1.54, 1.807) is 18.2 Å². The van der Waals surface area contributed by atoms with E-state index in [2.05, 4.69) is 10.6 Å². The molecule has 0 saturated heterocycles. The Balaban J connectivity index is 1.71. The Labute approximate surface area is 200 Å². The number of benzene rings is 2. The lowest BCUT2D eigenvalue weighted by atomic mass is 10.2. The molecular weight excluding hydrogens is 468 g/mol. The SMILES string of the molecule is CCC(Sc1cccc(NC(=O)c2cccs2)c1)C(=O)Nc1cc(Cl)c(OC)cc1OC. The summed E-state index contributed by atoms with van der Waals surface area (Å²) < 4.78 is 10.6. The van der Waals surface area contributed by atoms with Gasteiger partial charge in [-0.1, -0.05) is 30.7 Å². The highest BCUT2D eigenvalue weighted by atomic mass is 35.5.